The summed E-state index contributed by atoms with van der Waals surface area (Å²) >= 11 is 0. The topological polar surface area (TPSA) is 38.8 Å². The van der Waals surface area contributed by atoms with Gasteiger partial charge in [-0.05, 0) is 38.2 Å². The molecule has 0 bridgehead atoms. The van der Waals surface area contributed by atoms with Gasteiger partial charge in [0.05, 0.1) is 0 Å². The molecular formula is C17H25NO3. The van der Waals surface area contributed by atoms with E-state index in [1.54, 1.807) is 19.1 Å². The molecule has 0 heterocycles. The molecule has 116 valence electrons. The van der Waals surface area contributed by atoms with Crippen LogP contribution in [0.2, 0.25) is 0 Å². The monoisotopic (exact) mass is 291 g/mol. The van der Waals surface area contributed by atoms with Gasteiger partial charge < -0.3 is 14.4 Å². The molecule has 1 rings (SSSR count). The van der Waals surface area contributed by atoms with Crippen LogP contribution < -0.4 is 9.47 Å². The summed E-state index contributed by atoms with van der Waals surface area (Å²) in [6.07, 6.45) is 1.66. The summed E-state index contributed by atoms with van der Waals surface area (Å²) < 4.78 is 11.4. The Morgan fingerprint density at radius 2 is 1.81 bits per heavy atom. The maximum absolute atomic E-state index is 11.4. The first-order chi connectivity index (χ1) is 10.1. The lowest BCUT2D eigenvalue weighted by atomic mass is 10.3. The Morgan fingerprint density at radius 1 is 1.19 bits per heavy atom. The van der Waals surface area contributed by atoms with Gasteiger partial charge in [0, 0.05) is 13.5 Å². The van der Waals surface area contributed by atoms with Crippen LogP contribution in [0.3, 0.4) is 0 Å². The van der Waals surface area contributed by atoms with E-state index in [0.29, 0.717) is 23.9 Å². The summed E-state index contributed by atoms with van der Waals surface area (Å²) in [4.78, 5) is 13.7. The number of benzene rings is 1. The Morgan fingerprint density at radius 3 is 2.33 bits per heavy atom. The van der Waals surface area contributed by atoms with Crippen molar-refractivity contribution in [2.24, 2.45) is 0 Å². The van der Waals surface area contributed by atoms with Gasteiger partial charge in [-0.3, -0.25) is 4.79 Å². The smallest absolute Gasteiger partial charge is 0.194 e. The van der Waals surface area contributed by atoms with Crippen molar-refractivity contribution in [2.75, 3.05) is 26.2 Å². The van der Waals surface area contributed by atoms with E-state index >= 15 is 0 Å². The van der Waals surface area contributed by atoms with Crippen molar-refractivity contribution >= 4 is 5.78 Å². The van der Waals surface area contributed by atoms with E-state index in [0.717, 1.165) is 19.6 Å². The van der Waals surface area contributed by atoms with E-state index < -0.39 is 0 Å². The van der Waals surface area contributed by atoms with Gasteiger partial charge in [-0.1, -0.05) is 26.0 Å². The number of rotatable bonds is 9. The molecule has 0 aromatic heterocycles. The highest BCUT2D eigenvalue weighted by Crippen LogP contribution is 2.28. The van der Waals surface area contributed by atoms with Crippen molar-refractivity contribution in [3.63, 3.8) is 0 Å². The number of hydrogen-bond acceptors (Lipinski definition) is 4. The molecule has 0 fully saturated rings. The fourth-order valence-electron chi connectivity index (χ4n) is 1.93. The van der Waals surface area contributed by atoms with Gasteiger partial charge in [0.2, 0.25) is 0 Å². The number of hydrogen-bond donors (Lipinski definition) is 0. The predicted octanol–water partition coefficient (Wildman–Crippen LogP) is 3.28. The van der Waals surface area contributed by atoms with Crippen molar-refractivity contribution in [3.05, 3.63) is 36.1 Å². The second-order valence-corrected chi connectivity index (χ2v) is 4.63. The van der Waals surface area contributed by atoms with Crippen LogP contribution in [-0.4, -0.2) is 36.9 Å². The summed E-state index contributed by atoms with van der Waals surface area (Å²) in [6.45, 7) is 11.0. The van der Waals surface area contributed by atoms with Gasteiger partial charge >= 0.3 is 0 Å². The maximum Gasteiger partial charge on any atom is 0.194 e. The normalized spacial score (nSPS) is 11.6. The van der Waals surface area contributed by atoms with Crippen LogP contribution in [0.4, 0.5) is 0 Å². The van der Waals surface area contributed by atoms with E-state index in [2.05, 4.69) is 18.7 Å². The number of Topliss-reactive ketones (excluding diaryl/α,β-unsaturated/α-hetero) is 1. The molecule has 4 nitrogen and oxygen atoms in total. The molecule has 0 radical (unpaired) electrons. The maximum atomic E-state index is 11.4. The number of para-hydroxylation sites is 2. The number of ketones is 1. The molecule has 0 aliphatic rings. The van der Waals surface area contributed by atoms with Crippen molar-refractivity contribution in [3.8, 4) is 11.5 Å². The summed E-state index contributed by atoms with van der Waals surface area (Å²) in [6, 6.07) is 7.41. The lowest BCUT2D eigenvalue weighted by molar-refractivity contribution is -0.115. The zero-order valence-electron chi connectivity index (χ0n) is 13.4. The second kappa shape index (κ2) is 9.19. The van der Waals surface area contributed by atoms with Gasteiger partial charge in [-0.15, -0.1) is 0 Å². The molecule has 0 saturated heterocycles. The SMILES string of the molecule is C/C=C(\Oc1ccccc1OCCN(CC)CC)C(C)=O. The average Bonchev–Trinajstić information content (AvgIpc) is 2.50. The van der Waals surface area contributed by atoms with Gasteiger partial charge in [0.15, 0.2) is 23.0 Å². The highest BCUT2D eigenvalue weighted by atomic mass is 16.5. The first-order valence-electron chi connectivity index (χ1n) is 7.41. The van der Waals surface area contributed by atoms with Crippen LogP contribution in [0.15, 0.2) is 36.1 Å². The Hall–Kier alpha value is -1.81. The first kappa shape index (κ1) is 17.2. The number of allylic oxidation sites excluding steroid dienone is 2. The van der Waals surface area contributed by atoms with Crippen molar-refractivity contribution in [1.29, 1.82) is 0 Å². The van der Waals surface area contributed by atoms with E-state index in [4.69, 9.17) is 9.47 Å². The molecule has 1 aromatic carbocycles. The van der Waals surface area contributed by atoms with Crippen LogP contribution in [0, 0.1) is 0 Å². The van der Waals surface area contributed by atoms with E-state index in [9.17, 15) is 4.79 Å². The molecule has 0 spiro atoms. The molecule has 4 heteroatoms. The average molecular weight is 291 g/mol. The summed E-state index contributed by atoms with van der Waals surface area (Å²) in [5.74, 6) is 1.45. The fraction of sp³-hybridized carbons (Fsp3) is 0.471. The molecule has 0 unspecified atom stereocenters. The van der Waals surface area contributed by atoms with Crippen molar-refractivity contribution in [2.45, 2.75) is 27.7 Å². The minimum absolute atomic E-state index is 0.101. The van der Waals surface area contributed by atoms with Crippen LogP contribution in [0.1, 0.15) is 27.7 Å². The molecule has 0 saturated carbocycles. The lowest BCUT2D eigenvalue weighted by Gasteiger charge is -2.19. The molecular weight excluding hydrogens is 266 g/mol. The fourth-order valence-corrected chi connectivity index (χ4v) is 1.93. The Balaban J connectivity index is 2.69. The largest absolute Gasteiger partial charge is 0.488 e. The standard InChI is InChI=1S/C17H25NO3/c1-5-15(14(4)19)21-17-11-9-8-10-16(17)20-13-12-18(6-2)7-3/h5,8-11H,6-7,12-13H2,1-4H3/b15-5-. The van der Waals surface area contributed by atoms with Crippen LogP contribution in [0.25, 0.3) is 0 Å². The van der Waals surface area contributed by atoms with Gasteiger partial charge in [-0.25, -0.2) is 0 Å². The van der Waals surface area contributed by atoms with Crippen LogP contribution in [-0.2, 0) is 4.79 Å². The third-order valence-corrected chi connectivity index (χ3v) is 3.24. The molecule has 21 heavy (non-hydrogen) atoms. The van der Waals surface area contributed by atoms with Gasteiger partial charge in [0.1, 0.15) is 6.61 Å². The number of carbonyl (C=O) groups is 1. The summed E-state index contributed by atoms with van der Waals surface area (Å²) in [5, 5.41) is 0. The minimum atomic E-state index is -0.101. The van der Waals surface area contributed by atoms with Gasteiger partial charge in [0.25, 0.3) is 0 Å². The zero-order valence-corrected chi connectivity index (χ0v) is 13.4. The van der Waals surface area contributed by atoms with Crippen molar-refractivity contribution < 1.29 is 14.3 Å². The molecule has 0 aliphatic heterocycles. The quantitative estimate of drug-likeness (QED) is 0.517. The minimum Gasteiger partial charge on any atom is -0.488 e. The highest BCUT2D eigenvalue weighted by molar-refractivity contribution is 5.91. The molecule has 0 amide bonds. The van der Waals surface area contributed by atoms with Gasteiger partial charge in [-0.2, -0.15) is 0 Å². The molecule has 0 atom stereocenters. The Labute approximate surface area is 127 Å². The first-order valence-corrected chi connectivity index (χ1v) is 7.41. The zero-order chi connectivity index (χ0) is 15.7. The summed E-state index contributed by atoms with van der Waals surface area (Å²) in [7, 11) is 0. The van der Waals surface area contributed by atoms with Crippen LogP contribution >= 0.6 is 0 Å². The van der Waals surface area contributed by atoms with E-state index in [-0.39, 0.29) is 5.78 Å². The third-order valence-electron chi connectivity index (χ3n) is 3.24. The second-order valence-electron chi connectivity index (χ2n) is 4.63. The lowest BCUT2D eigenvalue weighted by Crippen LogP contribution is -2.27. The Bertz CT molecular complexity index is 479. The predicted molar refractivity (Wildman–Crippen MR) is 84.8 cm³/mol. The molecule has 0 N–H and O–H groups in total. The Kier molecular flexibility index (Phi) is 7.54. The van der Waals surface area contributed by atoms with E-state index in [1.165, 1.54) is 6.92 Å². The highest BCUT2D eigenvalue weighted by Gasteiger charge is 2.10. The number of carbonyl (C=O) groups excluding carboxylic acids is 1. The number of likely N-dealkylation sites (N-methyl/N-ethyl adjacent to an activating group) is 1. The number of ether oxygens (including phenoxy) is 2. The van der Waals surface area contributed by atoms with Crippen LogP contribution in [0.5, 0.6) is 11.5 Å². The summed E-state index contributed by atoms with van der Waals surface area (Å²) in [5.41, 5.74) is 0. The molecule has 1 aromatic rings. The third kappa shape index (κ3) is 5.60. The van der Waals surface area contributed by atoms with E-state index in [1.807, 2.05) is 18.2 Å². The number of nitrogens with zero attached hydrogens (tertiary/aromatic N) is 1. The molecule has 0 aliphatic carbocycles. The van der Waals surface area contributed by atoms with Crippen molar-refractivity contribution in [1.82, 2.24) is 4.90 Å².